The summed E-state index contributed by atoms with van der Waals surface area (Å²) in [4.78, 5) is 33.4. The fourth-order valence-corrected chi connectivity index (χ4v) is 7.06. The smallest absolute Gasteiger partial charge is 0.326 e. The van der Waals surface area contributed by atoms with Crippen LogP contribution in [-0.4, -0.2) is 100 Å². The summed E-state index contributed by atoms with van der Waals surface area (Å²) in [6.07, 6.45) is 3.54. The number of nitrogens with zero attached hydrogens (tertiary/aromatic N) is 6. The van der Waals surface area contributed by atoms with Gasteiger partial charge in [0.1, 0.15) is 17.3 Å². The van der Waals surface area contributed by atoms with Crippen molar-refractivity contribution < 1.29 is 24.5 Å². The number of anilines is 2. The lowest BCUT2D eigenvalue weighted by Gasteiger charge is -2.42. The highest BCUT2D eigenvalue weighted by Crippen LogP contribution is 2.45. The van der Waals surface area contributed by atoms with E-state index in [1.165, 1.54) is 11.8 Å². The minimum atomic E-state index is -0.229. The molecule has 12 nitrogen and oxygen atoms in total. The van der Waals surface area contributed by atoms with Crippen molar-refractivity contribution in [1.29, 1.82) is 0 Å². The summed E-state index contributed by atoms with van der Waals surface area (Å²) in [6.45, 7) is 6.99. The molecule has 3 fully saturated rings. The van der Waals surface area contributed by atoms with Gasteiger partial charge in [-0.2, -0.15) is 0 Å². The number of ether oxygens (including phenoxy) is 2. The van der Waals surface area contributed by atoms with Crippen molar-refractivity contribution in [1.82, 2.24) is 19.9 Å². The van der Waals surface area contributed by atoms with Crippen LogP contribution in [0.2, 0.25) is 0 Å². The molecule has 1 unspecified atom stereocenters. The van der Waals surface area contributed by atoms with Crippen molar-refractivity contribution in [3.63, 3.8) is 0 Å². The van der Waals surface area contributed by atoms with Gasteiger partial charge in [0.25, 0.3) is 0 Å². The predicted octanol–water partition coefficient (Wildman–Crippen LogP) is 1.15. The molecule has 210 valence electrons. The number of carbonyl (C=O) groups is 1. The van der Waals surface area contributed by atoms with Crippen molar-refractivity contribution in [2.75, 3.05) is 55.8 Å². The van der Waals surface area contributed by atoms with E-state index in [1.54, 1.807) is 16.0 Å². The molecule has 0 aromatic carbocycles. The minimum absolute atomic E-state index is 0.00114. The molecule has 4 aliphatic rings. The third kappa shape index (κ3) is 4.49. The number of amides is 2. The van der Waals surface area contributed by atoms with Gasteiger partial charge in [-0.1, -0.05) is 11.8 Å². The number of nitrogens with two attached hydrogens (primary N) is 1. The molecule has 0 radical (unpaired) electrons. The van der Waals surface area contributed by atoms with E-state index in [0.29, 0.717) is 47.9 Å². The minimum Gasteiger partial charge on any atom is -0.486 e. The van der Waals surface area contributed by atoms with Crippen LogP contribution in [0.3, 0.4) is 0 Å². The molecule has 0 aliphatic carbocycles. The van der Waals surface area contributed by atoms with Gasteiger partial charge in [0.2, 0.25) is 0 Å². The first-order valence-electron chi connectivity index (χ1n) is 13.4. The van der Waals surface area contributed by atoms with Gasteiger partial charge < -0.3 is 35.2 Å². The lowest BCUT2D eigenvalue weighted by atomic mass is 9.73. The molecule has 13 heteroatoms. The average Bonchev–Trinajstić information content (AvgIpc) is 3.41. The van der Waals surface area contributed by atoms with E-state index in [4.69, 9.17) is 25.2 Å². The summed E-state index contributed by atoms with van der Waals surface area (Å²) in [6, 6.07) is 1.53. The summed E-state index contributed by atoms with van der Waals surface area (Å²) in [5.41, 5.74) is 7.75. The largest absolute Gasteiger partial charge is 0.486 e. The van der Waals surface area contributed by atoms with Crippen molar-refractivity contribution in [3.8, 4) is 5.75 Å². The van der Waals surface area contributed by atoms with Crippen LogP contribution in [-0.2, 0) is 11.3 Å². The van der Waals surface area contributed by atoms with Crippen molar-refractivity contribution in [2.24, 2.45) is 11.1 Å². The van der Waals surface area contributed by atoms with Gasteiger partial charge in [-0.25, -0.2) is 19.7 Å². The maximum atomic E-state index is 13.0. The van der Waals surface area contributed by atoms with Crippen molar-refractivity contribution >= 4 is 29.4 Å². The van der Waals surface area contributed by atoms with Gasteiger partial charge in [-0.3, -0.25) is 4.90 Å². The number of aliphatic hydroxyl groups excluding tert-OH is 2. The van der Waals surface area contributed by atoms with Crippen LogP contribution in [0.15, 0.2) is 22.2 Å². The Bertz CT molecular complexity index is 1260. The van der Waals surface area contributed by atoms with Gasteiger partial charge in [0.15, 0.2) is 17.4 Å². The quantitative estimate of drug-likeness (QED) is 0.469. The second kappa shape index (κ2) is 10.4. The Morgan fingerprint density at radius 1 is 1.23 bits per heavy atom. The summed E-state index contributed by atoms with van der Waals surface area (Å²) < 4.78 is 12.0. The van der Waals surface area contributed by atoms with Crippen LogP contribution in [0.4, 0.5) is 16.4 Å². The zero-order valence-electron chi connectivity index (χ0n) is 22.2. The molecule has 3 saturated heterocycles. The van der Waals surface area contributed by atoms with Crippen LogP contribution in [0.25, 0.3) is 0 Å². The molecule has 3 atom stereocenters. The van der Waals surface area contributed by atoms with E-state index < -0.39 is 0 Å². The number of aliphatic hydroxyl groups is 2. The van der Waals surface area contributed by atoms with Gasteiger partial charge >= 0.3 is 6.03 Å². The first kappa shape index (κ1) is 26.5. The monoisotopic (exact) mass is 557 g/mol. The number of hydrogen-bond donors (Lipinski definition) is 3. The molecule has 4 N–H and O–H groups in total. The highest BCUT2D eigenvalue weighted by molar-refractivity contribution is 7.99. The molecule has 0 saturated carbocycles. The van der Waals surface area contributed by atoms with Gasteiger partial charge in [0, 0.05) is 43.8 Å². The Morgan fingerprint density at radius 2 is 2.03 bits per heavy atom. The number of rotatable bonds is 6. The first-order chi connectivity index (χ1) is 18.8. The lowest BCUT2D eigenvalue weighted by molar-refractivity contribution is 0.0973. The molecule has 0 bridgehead atoms. The van der Waals surface area contributed by atoms with E-state index in [1.807, 2.05) is 19.9 Å². The fraction of sp³-hybridized carbons (Fsp3) is 0.615. The number of urea groups is 1. The Kier molecular flexibility index (Phi) is 7.04. The van der Waals surface area contributed by atoms with E-state index >= 15 is 0 Å². The molecule has 4 aliphatic heterocycles. The number of β-amino-alcohol motifs (C(OH)–C–C–N with tert-alkyl or cyclic N) is 1. The van der Waals surface area contributed by atoms with E-state index in [9.17, 15) is 15.0 Å². The molecule has 1 spiro atoms. The van der Waals surface area contributed by atoms with E-state index in [2.05, 4.69) is 9.88 Å². The van der Waals surface area contributed by atoms with Crippen molar-refractivity contribution in [2.45, 2.75) is 61.4 Å². The highest BCUT2D eigenvalue weighted by atomic mass is 32.2. The van der Waals surface area contributed by atoms with Crippen LogP contribution in [0, 0.1) is 12.3 Å². The topological polar surface area (TPSA) is 150 Å². The second-order valence-corrected chi connectivity index (χ2v) is 11.8. The lowest BCUT2D eigenvalue weighted by Crippen LogP contribution is -2.51. The normalized spacial score (nSPS) is 25.7. The Balaban J connectivity index is 1.23. The van der Waals surface area contributed by atoms with Gasteiger partial charge in [-0.15, -0.1) is 0 Å². The summed E-state index contributed by atoms with van der Waals surface area (Å²) >= 11 is 1.38. The molecular formula is C26H35N7O5S. The SMILES string of the molecule is Cc1nc(N2CCC3(CC2)CO[C@@H](C)[C@H]3N)c(CO)nc1Sc1ccnc2c1OCC1CN(CCO)C(=O)N21. The van der Waals surface area contributed by atoms with Crippen LogP contribution in [0.1, 0.15) is 31.2 Å². The second-order valence-electron chi connectivity index (χ2n) is 10.8. The zero-order chi connectivity index (χ0) is 27.3. The molecule has 6 heterocycles. The third-order valence-electron chi connectivity index (χ3n) is 8.48. The number of hydrogen-bond acceptors (Lipinski definition) is 11. The molecular weight excluding hydrogens is 522 g/mol. The number of pyridine rings is 1. The predicted molar refractivity (Wildman–Crippen MR) is 144 cm³/mol. The summed E-state index contributed by atoms with van der Waals surface area (Å²) in [7, 11) is 0. The first-order valence-corrected chi connectivity index (χ1v) is 14.3. The summed E-state index contributed by atoms with van der Waals surface area (Å²) in [5.74, 6) is 1.70. The van der Waals surface area contributed by atoms with Gasteiger partial charge in [-0.05, 0) is 32.8 Å². The number of piperidine rings is 1. The number of carbonyl (C=O) groups excluding carboxylic acids is 1. The Hall–Kier alpha value is -2.71. The molecule has 2 aromatic rings. The maximum absolute atomic E-state index is 13.0. The van der Waals surface area contributed by atoms with Crippen molar-refractivity contribution in [3.05, 3.63) is 23.7 Å². The average molecular weight is 558 g/mol. The fourth-order valence-electron chi connectivity index (χ4n) is 6.13. The molecule has 2 amide bonds. The summed E-state index contributed by atoms with van der Waals surface area (Å²) in [5, 5.41) is 20.2. The number of fused-ring (bicyclic) bond motifs is 3. The van der Waals surface area contributed by atoms with E-state index in [-0.39, 0.29) is 49.4 Å². The maximum Gasteiger partial charge on any atom is 0.326 e. The Morgan fingerprint density at radius 3 is 2.72 bits per heavy atom. The zero-order valence-corrected chi connectivity index (χ0v) is 23.1. The van der Waals surface area contributed by atoms with E-state index in [0.717, 1.165) is 36.5 Å². The Labute approximate surface area is 231 Å². The number of aryl methyl sites for hydroxylation is 1. The molecule has 6 rings (SSSR count). The van der Waals surface area contributed by atoms with Crippen LogP contribution >= 0.6 is 11.8 Å². The van der Waals surface area contributed by atoms with Gasteiger partial charge in [0.05, 0.1) is 42.6 Å². The molecule has 39 heavy (non-hydrogen) atoms. The van der Waals surface area contributed by atoms with Crippen LogP contribution in [0.5, 0.6) is 5.75 Å². The highest BCUT2D eigenvalue weighted by Gasteiger charge is 2.48. The third-order valence-corrected chi connectivity index (χ3v) is 9.60. The van der Waals surface area contributed by atoms with Crippen LogP contribution < -0.4 is 20.3 Å². The number of aromatic nitrogens is 3. The molecule has 2 aromatic heterocycles. The standard InChI is InChI=1S/C26H35N7O5S/c1-15-24(30-18(12-35)22(29-15)31-7-4-26(5-8-31)14-38-16(2)21(26)27)39-19-3-6-28-23-20(19)37-13-17-11-32(9-10-34)25(36)33(17)23/h3,6,16-17,21,34-35H,4-5,7-14,27H2,1-2H3/t16-,17?,21+/m0/s1.